The number of ether oxygens (including phenoxy) is 1. The van der Waals surface area contributed by atoms with Crippen LogP contribution in [0, 0.1) is 6.92 Å². The van der Waals surface area contributed by atoms with Crippen molar-refractivity contribution in [2.45, 2.75) is 13.1 Å². The standard InChI is InChI=1S/C15H13F3N2O3S/c1-9-20-12(10-5-3-2-4-6-10)13(24-9)14(22)23-7-11(21)19-8-15(16,17)18/h2-6H,7-8H2,1H3,(H,19,21). The van der Waals surface area contributed by atoms with E-state index in [0.717, 1.165) is 11.3 Å². The SMILES string of the molecule is Cc1nc(-c2ccccc2)c(C(=O)OCC(=O)NCC(F)(F)F)s1. The fourth-order valence-electron chi connectivity index (χ4n) is 1.80. The Labute approximate surface area is 139 Å². The van der Waals surface area contributed by atoms with Crippen molar-refractivity contribution >= 4 is 23.2 Å². The first kappa shape index (κ1) is 17.9. The van der Waals surface area contributed by atoms with Gasteiger partial charge < -0.3 is 10.1 Å². The van der Waals surface area contributed by atoms with Crippen molar-refractivity contribution in [3.05, 3.63) is 40.2 Å². The van der Waals surface area contributed by atoms with Gasteiger partial charge in [0.25, 0.3) is 5.91 Å². The number of thiazole rings is 1. The van der Waals surface area contributed by atoms with Crippen LogP contribution in [0.2, 0.25) is 0 Å². The highest BCUT2D eigenvalue weighted by atomic mass is 32.1. The molecule has 0 radical (unpaired) electrons. The van der Waals surface area contributed by atoms with Gasteiger partial charge in [-0.15, -0.1) is 11.3 Å². The van der Waals surface area contributed by atoms with Crippen molar-refractivity contribution in [3.63, 3.8) is 0 Å². The van der Waals surface area contributed by atoms with Crippen LogP contribution < -0.4 is 5.32 Å². The van der Waals surface area contributed by atoms with Gasteiger partial charge in [-0.2, -0.15) is 13.2 Å². The number of hydrogen-bond donors (Lipinski definition) is 1. The quantitative estimate of drug-likeness (QED) is 0.835. The Kier molecular flexibility index (Phi) is 5.55. The molecule has 5 nitrogen and oxygen atoms in total. The summed E-state index contributed by atoms with van der Waals surface area (Å²) in [6, 6.07) is 8.90. The lowest BCUT2D eigenvalue weighted by Gasteiger charge is -2.08. The van der Waals surface area contributed by atoms with Gasteiger partial charge in [-0.1, -0.05) is 30.3 Å². The van der Waals surface area contributed by atoms with Gasteiger partial charge in [0.15, 0.2) is 6.61 Å². The zero-order valence-corrected chi connectivity index (χ0v) is 13.3. The zero-order chi connectivity index (χ0) is 17.7. The highest BCUT2D eigenvalue weighted by molar-refractivity contribution is 7.14. The molecule has 0 fully saturated rings. The lowest BCUT2D eigenvalue weighted by atomic mass is 10.1. The summed E-state index contributed by atoms with van der Waals surface area (Å²) in [5, 5.41) is 2.25. The summed E-state index contributed by atoms with van der Waals surface area (Å²) in [5.41, 5.74) is 1.12. The Hall–Kier alpha value is -2.42. The first-order valence-electron chi connectivity index (χ1n) is 6.79. The molecule has 1 aromatic carbocycles. The Morgan fingerprint density at radius 2 is 1.92 bits per heavy atom. The molecular weight excluding hydrogens is 345 g/mol. The number of carbonyl (C=O) groups excluding carboxylic acids is 2. The van der Waals surface area contributed by atoms with Crippen LogP contribution in [-0.2, 0) is 9.53 Å². The highest BCUT2D eigenvalue weighted by Gasteiger charge is 2.28. The van der Waals surface area contributed by atoms with Crippen LogP contribution in [0.5, 0.6) is 0 Å². The van der Waals surface area contributed by atoms with E-state index in [4.69, 9.17) is 4.74 Å². The molecule has 9 heteroatoms. The van der Waals surface area contributed by atoms with E-state index in [1.165, 1.54) is 0 Å². The number of alkyl halides is 3. The molecule has 0 unspecified atom stereocenters. The number of rotatable bonds is 5. The summed E-state index contributed by atoms with van der Waals surface area (Å²) in [5.74, 6) is -1.83. The number of halogens is 3. The number of aromatic nitrogens is 1. The summed E-state index contributed by atoms with van der Waals surface area (Å²) in [6.45, 7) is -0.553. The number of nitrogens with zero attached hydrogens (tertiary/aromatic N) is 1. The third-order valence-corrected chi connectivity index (χ3v) is 3.74. The molecule has 0 aliphatic rings. The minimum absolute atomic E-state index is 0.197. The van der Waals surface area contributed by atoms with Crippen molar-refractivity contribution in [3.8, 4) is 11.3 Å². The molecule has 0 aliphatic heterocycles. The van der Waals surface area contributed by atoms with Gasteiger partial charge in [0.1, 0.15) is 11.4 Å². The summed E-state index contributed by atoms with van der Waals surface area (Å²) in [7, 11) is 0. The van der Waals surface area contributed by atoms with Crippen LogP contribution in [0.4, 0.5) is 13.2 Å². The molecule has 1 heterocycles. The molecule has 0 bridgehead atoms. The number of hydrogen-bond acceptors (Lipinski definition) is 5. The van der Waals surface area contributed by atoms with Crippen LogP contribution in [0.15, 0.2) is 30.3 Å². The van der Waals surface area contributed by atoms with Gasteiger partial charge in [-0.05, 0) is 6.92 Å². The second kappa shape index (κ2) is 7.43. The molecule has 0 saturated heterocycles. The van der Waals surface area contributed by atoms with E-state index in [-0.39, 0.29) is 4.88 Å². The Morgan fingerprint density at radius 1 is 1.25 bits per heavy atom. The molecule has 0 aliphatic carbocycles. The highest BCUT2D eigenvalue weighted by Crippen LogP contribution is 2.28. The topological polar surface area (TPSA) is 68.3 Å². The summed E-state index contributed by atoms with van der Waals surface area (Å²) in [4.78, 5) is 27.9. The lowest BCUT2D eigenvalue weighted by Crippen LogP contribution is -2.36. The number of benzene rings is 1. The van der Waals surface area contributed by atoms with E-state index in [0.29, 0.717) is 16.3 Å². The molecule has 1 N–H and O–H groups in total. The average molecular weight is 358 g/mol. The van der Waals surface area contributed by atoms with E-state index >= 15 is 0 Å². The lowest BCUT2D eigenvalue weighted by molar-refractivity contribution is -0.140. The van der Waals surface area contributed by atoms with Crippen molar-refractivity contribution in [2.24, 2.45) is 0 Å². The van der Waals surface area contributed by atoms with Crippen LogP contribution >= 0.6 is 11.3 Å². The van der Waals surface area contributed by atoms with Crippen LogP contribution in [0.1, 0.15) is 14.7 Å². The molecular formula is C15H13F3N2O3S. The molecule has 1 amide bonds. The van der Waals surface area contributed by atoms with Gasteiger partial charge in [0.05, 0.1) is 10.7 Å². The largest absolute Gasteiger partial charge is 0.451 e. The van der Waals surface area contributed by atoms with Crippen molar-refractivity contribution in [1.29, 1.82) is 0 Å². The Bertz CT molecular complexity index is 729. The normalized spacial score (nSPS) is 11.2. The van der Waals surface area contributed by atoms with E-state index in [9.17, 15) is 22.8 Å². The van der Waals surface area contributed by atoms with Gasteiger partial charge >= 0.3 is 12.1 Å². The van der Waals surface area contributed by atoms with Crippen molar-refractivity contribution in [2.75, 3.05) is 13.2 Å². The van der Waals surface area contributed by atoms with Crippen LogP contribution in [0.25, 0.3) is 11.3 Å². The fraction of sp³-hybridized carbons (Fsp3) is 0.267. The van der Waals surface area contributed by atoms with Gasteiger partial charge in [0, 0.05) is 5.56 Å². The van der Waals surface area contributed by atoms with E-state index in [1.807, 2.05) is 6.07 Å². The molecule has 0 saturated carbocycles. The minimum Gasteiger partial charge on any atom is -0.451 e. The van der Waals surface area contributed by atoms with E-state index < -0.39 is 31.2 Å². The van der Waals surface area contributed by atoms with Crippen molar-refractivity contribution in [1.82, 2.24) is 10.3 Å². The maximum Gasteiger partial charge on any atom is 0.405 e. The first-order valence-corrected chi connectivity index (χ1v) is 7.61. The average Bonchev–Trinajstić information content (AvgIpc) is 2.93. The van der Waals surface area contributed by atoms with Gasteiger partial charge in [-0.25, -0.2) is 9.78 Å². The number of aryl methyl sites for hydroxylation is 1. The smallest absolute Gasteiger partial charge is 0.405 e. The number of nitrogens with one attached hydrogen (secondary N) is 1. The molecule has 1 aromatic heterocycles. The van der Waals surface area contributed by atoms with E-state index in [2.05, 4.69) is 4.98 Å². The zero-order valence-electron chi connectivity index (χ0n) is 12.5. The molecule has 24 heavy (non-hydrogen) atoms. The molecule has 0 atom stereocenters. The number of carbonyl (C=O) groups is 2. The molecule has 2 aromatic rings. The predicted octanol–water partition coefficient (Wildman–Crippen LogP) is 2.95. The molecule has 128 valence electrons. The monoisotopic (exact) mass is 358 g/mol. The van der Waals surface area contributed by atoms with E-state index in [1.54, 1.807) is 36.5 Å². The summed E-state index contributed by atoms with van der Waals surface area (Å²) in [6.07, 6.45) is -4.52. The maximum atomic E-state index is 12.1. The third-order valence-electron chi connectivity index (χ3n) is 2.79. The van der Waals surface area contributed by atoms with Crippen LogP contribution in [0.3, 0.4) is 0 Å². The third kappa shape index (κ3) is 5.05. The molecule has 0 spiro atoms. The number of amides is 1. The summed E-state index contributed by atoms with van der Waals surface area (Å²) < 4.78 is 40.8. The Balaban J connectivity index is 2.02. The van der Waals surface area contributed by atoms with Crippen LogP contribution in [-0.4, -0.2) is 36.2 Å². The summed E-state index contributed by atoms with van der Waals surface area (Å²) >= 11 is 1.09. The predicted molar refractivity (Wildman–Crippen MR) is 81.6 cm³/mol. The number of esters is 1. The van der Waals surface area contributed by atoms with Crippen molar-refractivity contribution < 1.29 is 27.5 Å². The fourth-order valence-corrected chi connectivity index (χ4v) is 2.64. The first-order chi connectivity index (χ1) is 11.3. The minimum atomic E-state index is -4.52. The van der Waals surface area contributed by atoms with Gasteiger partial charge in [-0.3, -0.25) is 4.79 Å². The second-order valence-corrected chi connectivity index (χ2v) is 5.95. The second-order valence-electron chi connectivity index (χ2n) is 4.74. The maximum absolute atomic E-state index is 12.1. The van der Waals surface area contributed by atoms with Gasteiger partial charge in [0.2, 0.25) is 0 Å². The molecule has 2 rings (SSSR count). The Morgan fingerprint density at radius 3 is 2.54 bits per heavy atom.